The van der Waals surface area contributed by atoms with Gasteiger partial charge in [-0.3, -0.25) is 9.48 Å². The van der Waals surface area contributed by atoms with E-state index in [4.69, 9.17) is 9.72 Å². The van der Waals surface area contributed by atoms with Crippen molar-refractivity contribution in [2.45, 2.75) is 76.9 Å². The lowest BCUT2D eigenvalue weighted by atomic mass is 9.86. The molecule has 0 saturated heterocycles. The third-order valence-corrected chi connectivity index (χ3v) is 7.56. The number of carboxylic acids is 1. The van der Waals surface area contributed by atoms with E-state index in [1.54, 1.807) is 6.20 Å². The molecule has 1 aromatic carbocycles. The standard InChI is InChI=1S/C25H33N5O4/c1-16-4-9-19-20(29(16)25(33)34-2)10-11-21-23(19)27-22(12-15-28-14-3-13-26-28)30(21)18-7-5-17(6-8-18)24(31)32/h3,10-11,13-14,16-18,25,33H,4-9,12,15H2,1-2H3,(H,31,32)/t16-,17-,18-,25?/m0/s1. The highest BCUT2D eigenvalue weighted by Gasteiger charge is 2.33. The van der Waals surface area contributed by atoms with E-state index in [0.29, 0.717) is 12.8 Å². The quantitative estimate of drug-likeness (QED) is 0.513. The first-order valence-electron chi connectivity index (χ1n) is 12.2. The number of fused-ring (bicyclic) bond motifs is 3. The van der Waals surface area contributed by atoms with Gasteiger partial charge in [0, 0.05) is 55.8 Å². The van der Waals surface area contributed by atoms with Gasteiger partial charge in [-0.15, -0.1) is 0 Å². The van der Waals surface area contributed by atoms with Gasteiger partial charge in [0.05, 0.1) is 17.0 Å². The van der Waals surface area contributed by atoms with Crippen LogP contribution in [0.4, 0.5) is 5.69 Å². The Morgan fingerprint density at radius 2 is 2.03 bits per heavy atom. The summed E-state index contributed by atoms with van der Waals surface area (Å²) in [6, 6.07) is 6.49. The first-order valence-corrected chi connectivity index (χ1v) is 12.2. The molecule has 34 heavy (non-hydrogen) atoms. The van der Waals surface area contributed by atoms with Crippen LogP contribution in [0.3, 0.4) is 0 Å². The Morgan fingerprint density at radius 1 is 1.24 bits per heavy atom. The molecule has 0 amide bonds. The summed E-state index contributed by atoms with van der Waals surface area (Å²) in [6.07, 6.45) is 8.32. The van der Waals surface area contributed by atoms with Crippen LogP contribution in [0.25, 0.3) is 11.0 Å². The second-order valence-corrected chi connectivity index (χ2v) is 9.55. The van der Waals surface area contributed by atoms with Gasteiger partial charge < -0.3 is 24.4 Å². The third-order valence-electron chi connectivity index (χ3n) is 7.56. The second kappa shape index (κ2) is 9.38. The number of carboxylic acid groups (broad SMARTS) is 1. The zero-order valence-electron chi connectivity index (χ0n) is 19.8. The first-order chi connectivity index (χ1) is 16.5. The Labute approximate surface area is 199 Å². The summed E-state index contributed by atoms with van der Waals surface area (Å²) in [7, 11) is 1.51. The number of benzene rings is 1. The summed E-state index contributed by atoms with van der Waals surface area (Å²) in [6.45, 7) is 2.83. The maximum absolute atomic E-state index is 11.5. The van der Waals surface area contributed by atoms with Crippen LogP contribution < -0.4 is 4.90 Å². The van der Waals surface area contributed by atoms with Gasteiger partial charge in [0.2, 0.25) is 6.41 Å². The zero-order valence-corrected chi connectivity index (χ0v) is 19.8. The minimum absolute atomic E-state index is 0.160. The van der Waals surface area contributed by atoms with Gasteiger partial charge >= 0.3 is 5.97 Å². The number of anilines is 1. The number of carbonyl (C=O) groups is 1. The molecule has 3 heterocycles. The fourth-order valence-corrected chi connectivity index (χ4v) is 5.73. The van der Waals surface area contributed by atoms with Crippen molar-refractivity contribution in [3.05, 3.63) is 42.0 Å². The predicted molar refractivity (Wildman–Crippen MR) is 128 cm³/mol. The molecule has 5 rings (SSSR count). The number of aliphatic hydroxyl groups excluding tert-OH is 1. The van der Waals surface area contributed by atoms with Crippen molar-refractivity contribution in [3.63, 3.8) is 0 Å². The van der Waals surface area contributed by atoms with E-state index in [0.717, 1.165) is 66.8 Å². The van der Waals surface area contributed by atoms with E-state index >= 15 is 0 Å². The van der Waals surface area contributed by atoms with Crippen LogP contribution >= 0.6 is 0 Å². The average molecular weight is 468 g/mol. The molecule has 0 bridgehead atoms. The lowest BCUT2D eigenvalue weighted by Gasteiger charge is -2.39. The molecule has 1 unspecified atom stereocenters. The van der Waals surface area contributed by atoms with Crippen molar-refractivity contribution >= 4 is 22.7 Å². The Bertz CT molecular complexity index is 1150. The molecule has 3 aromatic rings. The van der Waals surface area contributed by atoms with Crippen molar-refractivity contribution in [1.29, 1.82) is 0 Å². The molecule has 0 spiro atoms. The van der Waals surface area contributed by atoms with E-state index in [2.05, 4.69) is 28.7 Å². The highest BCUT2D eigenvalue weighted by Crippen LogP contribution is 2.40. The van der Waals surface area contributed by atoms with Crippen LogP contribution in [0.1, 0.15) is 56.5 Å². The van der Waals surface area contributed by atoms with Crippen LogP contribution in [0.5, 0.6) is 0 Å². The normalized spacial score (nSPS) is 23.7. The summed E-state index contributed by atoms with van der Waals surface area (Å²) in [4.78, 5) is 18.6. The van der Waals surface area contributed by atoms with Crippen molar-refractivity contribution in [2.24, 2.45) is 5.92 Å². The molecular formula is C25H33N5O4. The highest BCUT2D eigenvalue weighted by molar-refractivity contribution is 5.86. The Kier molecular flexibility index (Phi) is 6.31. The molecule has 2 atom stereocenters. The smallest absolute Gasteiger partial charge is 0.306 e. The van der Waals surface area contributed by atoms with Crippen molar-refractivity contribution in [2.75, 3.05) is 12.0 Å². The maximum Gasteiger partial charge on any atom is 0.306 e. The SMILES string of the molecule is COC(O)N1c2ccc3c(nc(CCn4cccn4)n3[C@H]3CC[C@H](C(=O)O)CC3)c2CC[C@@H]1C. The maximum atomic E-state index is 11.5. The number of hydrogen-bond donors (Lipinski definition) is 2. The summed E-state index contributed by atoms with van der Waals surface area (Å²) < 4.78 is 9.53. The monoisotopic (exact) mass is 467 g/mol. The third kappa shape index (κ3) is 4.07. The second-order valence-electron chi connectivity index (χ2n) is 9.55. The van der Waals surface area contributed by atoms with Gasteiger partial charge in [-0.25, -0.2) is 4.98 Å². The molecule has 1 aliphatic carbocycles. The molecule has 1 aliphatic heterocycles. The van der Waals surface area contributed by atoms with Crippen molar-refractivity contribution in [3.8, 4) is 0 Å². The molecule has 2 N–H and O–H groups in total. The molecule has 2 aromatic heterocycles. The first kappa shape index (κ1) is 22.9. The van der Waals surface area contributed by atoms with Gasteiger partial charge in [-0.2, -0.15) is 5.10 Å². The van der Waals surface area contributed by atoms with Crippen LogP contribution in [0.2, 0.25) is 0 Å². The predicted octanol–water partition coefficient (Wildman–Crippen LogP) is 3.35. The molecule has 1 fully saturated rings. The Morgan fingerprint density at radius 3 is 2.71 bits per heavy atom. The van der Waals surface area contributed by atoms with Gasteiger partial charge in [0.1, 0.15) is 5.82 Å². The number of aliphatic hydroxyl groups is 1. The largest absolute Gasteiger partial charge is 0.481 e. The van der Waals surface area contributed by atoms with E-state index < -0.39 is 12.4 Å². The molecule has 1 saturated carbocycles. The molecule has 0 radical (unpaired) electrons. The number of ether oxygens (including phenoxy) is 1. The summed E-state index contributed by atoms with van der Waals surface area (Å²) >= 11 is 0. The molecule has 9 heteroatoms. The lowest BCUT2D eigenvalue weighted by molar-refractivity contribution is -0.143. The molecule has 9 nitrogen and oxygen atoms in total. The van der Waals surface area contributed by atoms with E-state index in [-0.39, 0.29) is 18.0 Å². The number of aromatic nitrogens is 4. The van der Waals surface area contributed by atoms with Gasteiger partial charge in [0.15, 0.2) is 0 Å². The fourth-order valence-electron chi connectivity index (χ4n) is 5.73. The topological polar surface area (TPSA) is 106 Å². The number of hydrogen-bond acceptors (Lipinski definition) is 6. The summed E-state index contributed by atoms with van der Waals surface area (Å²) in [5.41, 5.74) is 4.19. The van der Waals surface area contributed by atoms with Crippen LogP contribution in [0, 0.1) is 5.92 Å². The summed E-state index contributed by atoms with van der Waals surface area (Å²) in [5.74, 6) is 0.0693. The average Bonchev–Trinajstić information content (AvgIpc) is 3.49. The minimum atomic E-state index is -1.00. The number of methoxy groups -OCH3 is 1. The van der Waals surface area contributed by atoms with Crippen LogP contribution in [0.15, 0.2) is 30.6 Å². The highest BCUT2D eigenvalue weighted by atomic mass is 16.6. The Balaban J connectivity index is 1.56. The van der Waals surface area contributed by atoms with E-state index in [9.17, 15) is 15.0 Å². The molecule has 182 valence electrons. The van der Waals surface area contributed by atoms with Crippen molar-refractivity contribution in [1.82, 2.24) is 19.3 Å². The van der Waals surface area contributed by atoms with Gasteiger partial charge in [-0.1, -0.05) is 0 Å². The number of imidazole rings is 1. The molecular weight excluding hydrogens is 434 g/mol. The lowest BCUT2D eigenvalue weighted by Crippen LogP contribution is -2.45. The zero-order chi connectivity index (χ0) is 23.8. The number of aliphatic carboxylic acids is 1. The number of nitrogens with zero attached hydrogens (tertiary/aromatic N) is 5. The van der Waals surface area contributed by atoms with Gasteiger partial charge in [0.25, 0.3) is 0 Å². The number of rotatable bonds is 7. The van der Waals surface area contributed by atoms with E-state index in [1.807, 2.05) is 21.8 Å². The van der Waals surface area contributed by atoms with E-state index in [1.165, 1.54) is 7.11 Å². The summed E-state index contributed by atoms with van der Waals surface area (Å²) in [5, 5.41) is 24.3. The van der Waals surface area contributed by atoms with Crippen LogP contribution in [-0.2, 0) is 28.9 Å². The van der Waals surface area contributed by atoms with Gasteiger partial charge in [-0.05, 0) is 63.6 Å². The molecule has 2 aliphatic rings. The van der Waals surface area contributed by atoms with Crippen LogP contribution in [-0.4, -0.2) is 55.1 Å². The Hall–Kier alpha value is -2.91. The fraction of sp³-hybridized carbons (Fsp3) is 0.560. The number of aryl methyl sites for hydroxylation is 3. The van der Waals surface area contributed by atoms with Crippen molar-refractivity contribution < 1.29 is 19.7 Å². The minimum Gasteiger partial charge on any atom is -0.481 e.